The second-order valence-electron chi connectivity index (χ2n) is 7.83. The van der Waals surface area contributed by atoms with Gasteiger partial charge in [-0.1, -0.05) is 46.6 Å². The Hall–Kier alpha value is -2.83. The molecule has 0 unspecified atom stereocenters. The maximum Gasteiger partial charge on any atom is 0.277 e. The first kappa shape index (κ1) is 19.2. The zero-order valence-electron chi connectivity index (χ0n) is 16.7. The van der Waals surface area contributed by atoms with Crippen molar-refractivity contribution in [3.8, 4) is 17.1 Å². The maximum absolute atomic E-state index is 13.3. The molecule has 0 aliphatic carbocycles. The number of carbonyl (C=O) groups excluding carboxylic acids is 1. The summed E-state index contributed by atoms with van der Waals surface area (Å²) in [5.74, 6) is 1.27. The number of amides is 1. The highest BCUT2D eigenvalue weighted by atomic mass is 35.5. The third-order valence-corrected chi connectivity index (χ3v) is 6.02. The summed E-state index contributed by atoms with van der Waals surface area (Å²) in [4.78, 5) is 17.3. The Bertz CT molecular complexity index is 1110. The van der Waals surface area contributed by atoms with Gasteiger partial charge in [-0.2, -0.15) is 0 Å². The molecule has 6 nitrogen and oxygen atoms in total. The zero-order chi connectivity index (χ0) is 20.7. The van der Waals surface area contributed by atoms with Crippen molar-refractivity contribution in [2.24, 2.45) is 0 Å². The third-order valence-electron chi connectivity index (χ3n) is 5.65. The Morgan fingerprint density at radius 2 is 2.07 bits per heavy atom. The first-order chi connectivity index (χ1) is 14.6. The SMILES string of the molecule is Cc1ccc2c(c1)-c1onc(C(=O)N3CCCN(Cc4ccccc4Cl)C3)c1CO2. The molecule has 0 atom stereocenters. The van der Waals surface area contributed by atoms with Crippen LogP contribution in [0.2, 0.25) is 5.02 Å². The highest BCUT2D eigenvalue weighted by Gasteiger charge is 2.32. The Labute approximate surface area is 180 Å². The highest BCUT2D eigenvalue weighted by molar-refractivity contribution is 6.31. The largest absolute Gasteiger partial charge is 0.488 e. The van der Waals surface area contributed by atoms with Crippen LogP contribution in [0.5, 0.6) is 5.75 Å². The molecule has 1 amide bonds. The number of hydrogen-bond donors (Lipinski definition) is 0. The first-order valence-electron chi connectivity index (χ1n) is 10.1. The minimum atomic E-state index is -0.122. The number of hydrogen-bond acceptors (Lipinski definition) is 5. The molecule has 3 aromatic rings. The Kier molecular flexibility index (Phi) is 4.97. The van der Waals surface area contributed by atoms with Crippen LogP contribution in [0.1, 0.15) is 33.6 Å². The molecule has 2 aromatic carbocycles. The van der Waals surface area contributed by atoms with Crippen molar-refractivity contribution in [3.63, 3.8) is 0 Å². The molecule has 5 rings (SSSR count). The number of rotatable bonds is 3. The van der Waals surface area contributed by atoms with E-state index in [1.807, 2.05) is 54.3 Å². The van der Waals surface area contributed by atoms with Crippen LogP contribution >= 0.6 is 11.6 Å². The molecule has 1 fully saturated rings. The summed E-state index contributed by atoms with van der Waals surface area (Å²) < 4.78 is 11.5. The number of fused-ring (bicyclic) bond motifs is 3. The van der Waals surface area contributed by atoms with Gasteiger partial charge in [-0.3, -0.25) is 9.69 Å². The Balaban J connectivity index is 1.36. The molecule has 0 bridgehead atoms. The molecule has 2 aliphatic heterocycles. The Morgan fingerprint density at radius 1 is 1.20 bits per heavy atom. The summed E-state index contributed by atoms with van der Waals surface area (Å²) in [5, 5.41) is 4.89. The number of benzene rings is 2. The van der Waals surface area contributed by atoms with Crippen LogP contribution in [-0.2, 0) is 13.2 Å². The van der Waals surface area contributed by atoms with E-state index in [4.69, 9.17) is 20.9 Å². The van der Waals surface area contributed by atoms with E-state index in [9.17, 15) is 4.79 Å². The smallest absolute Gasteiger partial charge is 0.277 e. The second-order valence-corrected chi connectivity index (χ2v) is 8.24. The van der Waals surface area contributed by atoms with E-state index in [-0.39, 0.29) is 12.5 Å². The van der Waals surface area contributed by atoms with Gasteiger partial charge in [-0.25, -0.2) is 0 Å². The van der Waals surface area contributed by atoms with Gasteiger partial charge < -0.3 is 14.2 Å². The highest BCUT2D eigenvalue weighted by Crippen LogP contribution is 2.39. The standard InChI is InChI=1S/C23H22ClN3O3/c1-15-7-8-20-17(11-15)22-18(13-29-20)21(25-30-22)23(28)27-10-4-9-26(14-27)12-16-5-2-3-6-19(16)24/h2-3,5-8,11H,4,9-10,12-14H2,1H3. The number of carbonyl (C=O) groups is 1. The van der Waals surface area contributed by atoms with Crippen molar-refractivity contribution >= 4 is 17.5 Å². The molecule has 0 saturated carbocycles. The molecule has 3 heterocycles. The van der Waals surface area contributed by atoms with Crippen LogP contribution in [0, 0.1) is 6.92 Å². The summed E-state index contributed by atoms with van der Waals surface area (Å²) >= 11 is 6.31. The van der Waals surface area contributed by atoms with E-state index < -0.39 is 0 Å². The average Bonchev–Trinajstić information content (AvgIpc) is 3.20. The molecule has 1 aromatic heterocycles. The van der Waals surface area contributed by atoms with E-state index in [1.54, 1.807) is 0 Å². The van der Waals surface area contributed by atoms with Gasteiger partial charge in [-0.05, 0) is 37.1 Å². The fourth-order valence-corrected chi connectivity index (χ4v) is 4.30. The van der Waals surface area contributed by atoms with Crippen LogP contribution in [0.25, 0.3) is 11.3 Å². The van der Waals surface area contributed by atoms with Crippen molar-refractivity contribution in [2.45, 2.75) is 26.5 Å². The lowest BCUT2D eigenvalue weighted by molar-refractivity contribution is 0.0469. The topological polar surface area (TPSA) is 58.8 Å². The van der Waals surface area contributed by atoms with E-state index in [1.165, 1.54) is 0 Å². The lowest BCUT2D eigenvalue weighted by atomic mass is 10.0. The van der Waals surface area contributed by atoms with E-state index in [0.717, 1.165) is 46.0 Å². The molecule has 0 N–H and O–H groups in total. The molecule has 154 valence electrons. The monoisotopic (exact) mass is 423 g/mol. The van der Waals surface area contributed by atoms with Gasteiger partial charge in [0.25, 0.3) is 5.91 Å². The van der Waals surface area contributed by atoms with Gasteiger partial charge in [0, 0.05) is 24.7 Å². The molecular weight excluding hydrogens is 402 g/mol. The second kappa shape index (κ2) is 7.78. The van der Waals surface area contributed by atoms with Gasteiger partial charge in [-0.15, -0.1) is 0 Å². The summed E-state index contributed by atoms with van der Waals surface area (Å²) in [5.41, 5.74) is 4.08. The van der Waals surface area contributed by atoms with Crippen LogP contribution in [0.3, 0.4) is 0 Å². The van der Waals surface area contributed by atoms with E-state index >= 15 is 0 Å². The summed E-state index contributed by atoms with van der Waals surface area (Å²) in [6, 6.07) is 13.7. The zero-order valence-corrected chi connectivity index (χ0v) is 17.5. The molecule has 2 aliphatic rings. The lowest BCUT2D eigenvalue weighted by Crippen LogP contribution is -2.47. The van der Waals surface area contributed by atoms with Gasteiger partial charge >= 0.3 is 0 Å². The minimum absolute atomic E-state index is 0.122. The summed E-state index contributed by atoms with van der Waals surface area (Å²) in [6.45, 7) is 5.14. The van der Waals surface area contributed by atoms with Crippen molar-refractivity contribution < 1.29 is 14.1 Å². The molecule has 30 heavy (non-hydrogen) atoms. The van der Waals surface area contributed by atoms with E-state index in [2.05, 4.69) is 10.1 Å². The number of ether oxygens (including phenoxy) is 1. The van der Waals surface area contributed by atoms with Crippen molar-refractivity contribution in [1.82, 2.24) is 15.0 Å². The van der Waals surface area contributed by atoms with Gasteiger partial charge in [0.2, 0.25) is 0 Å². The predicted octanol–water partition coefficient (Wildman–Crippen LogP) is 4.50. The molecule has 0 radical (unpaired) electrons. The Morgan fingerprint density at radius 3 is 2.93 bits per heavy atom. The van der Waals surface area contributed by atoms with Gasteiger partial charge in [0.1, 0.15) is 12.4 Å². The summed E-state index contributed by atoms with van der Waals surface area (Å²) in [7, 11) is 0. The van der Waals surface area contributed by atoms with Crippen LogP contribution in [0.4, 0.5) is 0 Å². The molecule has 0 spiro atoms. The fourth-order valence-electron chi connectivity index (χ4n) is 4.10. The number of aryl methyl sites for hydroxylation is 1. The molecule has 7 heteroatoms. The molecular formula is C23H22ClN3O3. The first-order valence-corrected chi connectivity index (χ1v) is 10.5. The normalized spacial score (nSPS) is 16.0. The molecule has 1 saturated heterocycles. The van der Waals surface area contributed by atoms with Gasteiger partial charge in [0.15, 0.2) is 11.5 Å². The van der Waals surface area contributed by atoms with Crippen LogP contribution in [-0.4, -0.2) is 40.6 Å². The van der Waals surface area contributed by atoms with Crippen LogP contribution in [0.15, 0.2) is 47.0 Å². The summed E-state index contributed by atoms with van der Waals surface area (Å²) in [6.07, 6.45) is 0.898. The minimum Gasteiger partial charge on any atom is -0.488 e. The maximum atomic E-state index is 13.3. The third kappa shape index (κ3) is 3.46. The van der Waals surface area contributed by atoms with E-state index in [0.29, 0.717) is 31.2 Å². The van der Waals surface area contributed by atoms with Crippen molar-refractivity contribution in [1.29, 1.82) is 0 Å². The number of nitrogens with zero attached hydrogens (tertiary/aromatic N) is 3. The van der Waals surface area contributed by atoms with Gasteiger partial charge in [0.05, 0.1) is 17.8 Å². The van der Waals surface area contributed by atoms with Crippen molar-refractivity contribution in [2.75, 3.05) is 19.8 Å². The fraction of sp³-hybridized carbons (Fsp3) is 0.304. The predicted molar refractivity (Wildman–Crippen MR) is 113 cm³/mol. The quantitative estimate of drug-likeness (QED) is 0.620. The average molecular weight is 424 g/mol. The van der Waals surface area contributed by atoms with Crippen molar-refractivity contribution in [3.05, 3.63) is 69.9 Å². The lowest BCUT2D eigenvalue weighted by Gasteiger charge is -2.35. The number of halogens is 1. The van der Waals surface area contributed by atoms with Crippen LogP contribution < -0.4 is 4.74 Å². The number of aromatic nitrogens is 1.